The zero-order chi connectivity index (χ0) is 18.5. The van der Waals surface area contributed by atoms with Gasteiger partial charge in [-0.05, 0) is 37.6 Å². The molecule has 2 aliphatic rings. The first-order chi connectivity index (χ1) is 12.4. The second kappa shape index (κ2) is 6.09. The molecule has 1 aromatic carbocycles. The molecule has 0 aliphatic carbocycles. The van der Waals surface area contributed by atoms with E-state index >= 15 is 0 Å². The molecule has 0 N–H and O–H groups in total. The average molecular weight is 376 g/mol. The van der Waals surface area contributed by atoms with Crippen molar-refractivity contribution >= 4 is 26.6 Å². The van der Waals surface area contributed by atoms with Crippen LogP contribution in [0, 0.1) is 5.92 Å². The number of hydrogen-bond acceptors (Lipinski definition) is 4. The Morgan fingerprint density at radius 3 is 2.81 bits per heavy atom. The number of fused-ring (bicyclic) bond motifs is 1. The van der Waals surface area contributed by atoms with Crippen LogP contribution in [0.2, 0.25) is 0 Å². The molecule has 0 radical (unpaired) electrons. The highest BCUT2D eigenvalue weighted by molar-refractivity contribution is 7.93. The molecule has 0 bridgehead atoms. The van der Waals surface area contributed by atoms with E-state index in [4.69, 9.17) is 4.74 Å². The predicted molar refractivity (Wildman–Crippen MR) is 99.9 cm³/mol. The maximum Gasteiger partial charge on any atom is 0.253 e. The summed E-state index contributed by atoms with van der Waals surface area (Å²) in [6, 6.07) is 7.60. The van der Waals surface area contributed by atoms with Crippen LogP contribution in [0.3, 0.4) is 0 Å². The summed E-state index contributed by atoms with van der Waals surface area (Å²) < 4.78 is 31.9. The van der Waals surface area contributed by atoms with E-state index in [1.165, 1.54) is 0 Å². The van der Waals surface area contributed by atoms with E-state index in [2.05, 4.69) is 0 Å². The Hall–Kier alpha value is -1.86. The zero-order valence-corrected chi connectivity index (χ0v) is 16.0. The standard InChI is InChI=1S/C19H24N2O4S/c1-3-25-11-16-7-9-26(23,24)19(16)12-21(13-19)18(22)15-4-5-17-14(10-15)6-8-20(17)2/h4-6,8,10,16H,3,7,9,11-13H2,1-2H3/t16-/m1/s1. The third kappa shape index (κ3) is 2.48. The number of ether oxygens (including phenoxy) is 1. The molecule has 1 spiro atoms. The van der Waals surface area contributed by atoms with E-state index in [1.807, 2.05) is 49.0 Å². The number of sulfone groups is 1. The van der Waals surface area contributed by atoms with Crippen molar-refractivity contribution in [2.24, 2.45) is 13.0 Å². The number of nitrogens with zero attached hydrogens (tertiary/aromatic N) is 2. The minimum absolute atomic E-state index is 0.0203. The van der Waals surface area contributed by atoms with Crippen molar-refractivity contribution in [1.29, 1.82) is 0 Å². The molecule has 0 unspecified atom stereocenters. The van der Waals surface area contributed by atoms with Gasteiger partial charge in [-0.15, -0.1) is 0 Å². The van der Waals surface area contributed by atoms with Crippen LogP contribution in [0.4, 0.5) is 0 Å². The number of carbonyl (C=O) groups is 1. The van der Waals surface area contributed by atoms with Gasteiger partial charge in [0.2, 0.25) is 0 Å². The molecule has 0 saturated carbocycles. The number of rotatable bonds is 4. The smallest absolute Gasteiger partial charge is 0.253 e. The first-order valence-corrected chi connectivity index (χ1v) is 10.7. The van der Waals surface area contributed by atoms with Crippen molar-refractivity contribution in [2.45, 2.75) is 18.1 Å². The number of benzene rings is 1. The lowest BCUT2D eigenvalue weighted by Gasteiger charge is -2.49. The Bertz CT molecular complexity index is 957. The van der Waals surface area contributed by atoms with E-state index in [-0.39, 0.29) is 30.7 Å². The van der Waals surface area contributed by atoms with Gasteiger partial charge in [0.1, 0.15) is 4.75 Å². The molecule has 140 valence electrons. The molecule has 6 nitrogen and oxygen atoms in total. The van der Waals surface area contributed by atoms with Crippen LogP contribution >= 0.6 is 0 Å². The lowest BCUT2D eigenvalue weighted by atomic mass is 9.83. The van der Waals surface area contributed by atoms with Crippen LogP contribution in [0.5, 0.6) is 0 Å². The van der Waals surface area contributed by atoms with E-state index in [1.54, 1.807) is 4.90 Å². The Labute approximate surface area is 153 Å². The molecule has 2 aliphatic heterocycles. The second-order valence-electron chi connectivity index (χ2n) is 7.39. The predicted octanol–water partition coefficient (Wildman–Crippen LogP) is 1.84. The Balaban J connectivity index is 1.54. The number of amides is 1. The summed E-state index contributed by atoms with van der Waals surface area (Å²) >= 11 is 0. The van der Waals surface area contributed by atoms with Crippen molar-refractivity contribution < 1.29 is 17.9 Å². The van der Waals surface area contributed by atoms with E-state index in [9.17, 15) is 13.2 Å². The third-order valence-corrected chi connectivity index (χ3v) is 8.56. The van der Waals surface area contributed by atoms with Crippen LogP contribution in [0.25, 0.3) is 10.9 Å². The highest BCUT2D eigenvalue weighted by Gasteiger charge is 2.62. The maximum atomic E-state index is 12.8. The van der Waals surface area contributed by atoms with Gasteiger partial charge in [0.25, 0.3) is 5.91 Å². The van der Waals surface area contributed by atoms with Crippen molar-refractivity contribution in [3.05, 3.63) is 36.0 Å². The van der Waals surface area contributed by atoms with Gasteiger partial charge in [-0.25, -0.2) is 8.42 Å². The number of aromatic nitrogens is 1. The molecule has 7 heteroatoms. The van der Waals surface area contributed by atoms with Gasteiger partial charge in [-0.1, -0.05) is 0 Å². The van der Waals surface area contributed by atoms with Gasteiger partial charge in [-0.2, -0.15) is 0 Å². The molecule has 3 heterocycles. The summed E-state index contributed by atoms with van der Waals surface area (Å²) in [5.41, 5.74) is 1.67. The van der Waals surface area contributed by atoms with Gasteiger partial charge in [0.05, 0.1) is 12.4 Å². The average Bonchev–Trinajstić information content (AvgIpc) is 3.07. The Morgan fingerprint density at radius 1 is 1.31 bits per heavy atom. The van der Waals surface area contributed by atoms with Gasteiger partial charge >= 0.3 is 0 Å². The monoisotopic (exact) mass is 376 g/mol. The second-order valence-corrected chi connectivity index (χ2v) is 9.84. The fourth-order valence-corrected chi connectivity index (χ4v) is 6.71. The van der Waals surface area contributed by atoms with Gasteiger partial charge in [0.15, 0.2) is 9.84 Å². The topological polar surface area (TPSA) is 68.6 Å². The summed E-state index contributed by atoms with van der Waals surface area (Å²) in [4.78, 5) is 14.5. The number of carbonyl (C=O) groups excluding carboxylic acids is 1. The van der Waals surface area contributed by atoms with Crippen molar-refractivity contribution in [1.82, 2.24) is 9.47 Å². The molecular weight excluding hydrogens is 352 g/mol. The summed E-state index contributed by atoms with van der Waals surface area (Å²) in [5.74, 6) is 0.0784. The van der Waals surface area contributed by atoms with Gasteiger partial charge < -0.3 is 14.2 Å². The SMILES string of the molecule is CCOC[C@H]1CCS(=O)(=O)C12CN(C(=O)c1ccc3c(ccn3C)c1)C2. The fourth-order valence-electron chi connectivity index (χ4n) is 4.31. The van der Waals surface area contributed by atoms with Crippen LogP contribution in [0.15, 0.2) is 30.5 Å². The summed E-state index contributed by atoms with van der Waals surface area (Å²) in [6.45, 7) is 3.49. The lowest BCUT2D eigenvalue weighted by molar-refractivity contribution is 0.0271. The molecular formula is C19H24N2O4S. The number of likely N-dealkylation sites (tertiary alicyclic amines) is 1. The molecule has 2 aromatic rings. The zero-order valence-electron chi connectivity index (χ0n) is 15.1. The minimum Gasteiger partial charge on any atom is -0.381 e. The molecule has 2 fully saturated rings. The Kier molecular flexibility index (Phi) is 4.11. The quantitative estimate of drug-likeness (QED) is 0.817. The normalized spacial score (nSPS) is 23.5. The van der Waals surface area contributed by atoms with Crippen LogP contribution < -0.4 is 0 Å². The first-order valence-electron chi connectivity index (χ1n) is 9.02. The molecule has 1 atom stereocenters. The molecule has 1 aromatic heterocycles. The minimum atomic E-state index is -3.19. The van der Waals surface area contributed by atoms with E-state index < -0.39 is 14.6 Å². The van der Waals surface area contributed by atoms with Crippen molar-refractivity contribution in [3.8, 4) is 0 Å². The number of hydrogen-bond donors (Lipinski definition) is 0. The van der Waals surface area contributed by atoms with Gasteiger partial charge in [0, 0.05) is 55.3 Å². The lowest BCUT2D eigenvalue weighted by Crippen LogP contribution is -2.68. The van der Waals surface area contributed by atoms with Crippen molar-refractivity contribution in [3.63, 3.8) is 0 Å². The van der Waals surface area contributed by atoms with Crippen LogP contribution in [0.1, 0.15) is 23.7 Å². The summed E-state index contributed by atoms with van der Waals surface area (Å²) in [6.07, 6.45) is 2.58. The van der Waals surface area contributed by atoms with Crippen molar-refractivity contribution in [2.75, 3.05) is 32.1 Å². The Morgan fingerprint density at radius 2 is 2.08 bits per heavy atom. The third-order valence-electron chi connectivity index (χ3n) is 5.96. The summed E-state index contributed by atoms with van der Waals surface area (Å²) in [5, 5.41) is 1.01. The van der Waals surface area contributed by atoms with E-state index in [0.29, 0.717) is 25.2 Å². The largest absolute Gasteiger partial charge is 0.381 e. The first kappa shape index (κ1) is 17.5. The van der Waals surface area contributed by atoms with Gasteiger partial charge in [-0.3, -0.25) is 4.79 Å². The number of aryl methyl sites for hydroxylation is 1. The fraction of sp³-hybridized carbons (Fsp3) is 0.526. The van der Waals surface area contributed by atoms with Crippen LogP contribution in [-0.4, -0.2) is 60.6 Å². The molecule has 1 amide bonds. The van der Waals surface area contributed by atoms with Crippen LogP contribution in [-0.2, 0) is 21.6 Å². The molecule has 4 rings (SSSR count). The highest BCUT2D eigenvalue weighted by Crippen LogP contribution is 2.45. The van der Waals surface area contributed by atoms with E-state index in [0.717, 1.165) is 10.9 Å². The summed E-state index contributed by atoms with van der Waals surface area (Å²) in [7, 11) is -1.22. The maximum absolute atomic E-state index is 12.8. The highest BCUT2D eigenvalue weighted by atomic mass is 32.2. The molecule has 26 heavy (non-hydrogen) atoms. The molecule has 2 saturated heterocycles.